The zero-order valence-electron chi connectivity index (χ0n) is 7.83. The van der Waals surface area contributed by atoms with Crippen molar-refractivity contribution >= 4 is 0 Å². The van der Waals surface area contributed by atoms with E-state index < -0.39 is 0 Å². The van der Waals surface area contributed by atoms with Gasteiger partial charge in [-0.3, -0.25) is 0 Å². The minimum absolute atomic E-state index is 0.755. The molecule has 0 fully saturated rings. The highest BCUT2D eigenvalue weighted by molar-refractivity contribution is 5.29. The number of nitriles is 1. The number of hydrogen-bond acceptors (Lipinski definition) is 1. The Kier molecular flexibility index (Phi) is 3.78. The normalized spacial score (nSPS) is 10.9. The van der Waals surface area contributed by atoms with Gasteiger partial charge in [-0.05, 0) is 12.0 Å². The van der Waals surface area contributed by atoms with Crippen LogP contribution < -0.4 is 0 Å². The number of allylic oxidation sites excluding steroid dienone is 2. The first-order chi connectivity index (χ1) is 6.36. The standard InChI is InChI=1S/C12H13N/c1-2-6-12(10-13)9-11-7-4-3-5-8-11/h3-8H,2,9H2,1H3/b12-6+. The van der Waals surface area contributed by atoms with Crippen LogP contribution in [0.5, 0.6) is 0 Å². The molecule has 13 heavy (non-hydrogen) atoms. The average Bonchev–Trinajstić information content (AvgIpc) is 2.19. The Balaban J connectivity index is 2.69. The van der Waals surface area contributed by atoms with E-state index in [1.54, 1.807) is 0 Å². The second-order valence-electron chi connectivity index (χ2n) is 2.91. The van der Waals surface area contributed by atoms with Crippen LogP contribution in [0.25, 0.3) is 0 Å². The van der Waals surface area contributed by atoms with Crippen LogP contribution in [0.1, 0.15) is 18.9 Å². The summed E-state index contributed by atoms with van der Waals surface area (Å²) in [5.74, 6) is 0. The Bertz CT molecular complexity index is 317. The molecular weight excluding hydrogens is 158 g/mol. The van der Waals surface area contributed by atoms with Crippen molar-refractivity contribution in [1.82, 2.24) is 0 Å². The SMILES string of the molecule is CC/C=C(/C#N)Cc1ccccc1. The van der Waals surface area contributed by atoms with Crippen molar-refractivity contribution in [2.75, 3.05) is 0 Å². The largest absolute Gasteiger partial charge is 0.193 e. The van der Waals surface area contributed by atoms with Crippen molar-refractivity contribution in [3.05, 3.63) is 47.5 Å². The third kappa shape index (κ3) is 3.13. The fourth-order valence-electron chi connectivity index (χ4n) is 1.22. The lowest BCUT2D eigenvalue weighted by Crippen LogP contribution is -1.87. The van der Waals surface area contributed by atoms with E-state index in [4.69, 9.17) is 5.26 Å². The molecule has 0 aromatic heterocycles. The van der Waals surface area contributed by atoms with Crippen LogP contribution >= 0.6 is 0 Å². The Labute approximate surface area is 79.3 Å². The second kappa shape index (κ2) is 5.16. The average molecular weight is 171 g/mol. The van der Waals surface area contributed by atoms with Gasteiger partial charge in [-0.25, -0.2) is 0 Å². The Hall–Kier alpha value is -1.55. The van der Waals surface area contributed by atoms with E-state index >= 15 is 0 Å². The summed E-state index contributed by atoms with van der Waals surface area (Å²) in [6.45, 7) is 2.04. The summed E-state index contributed by atoms with van der Waals surface area (Å²) < 4.78 is 0. The molecule has 0 N–H and O–H groups in total. The van der Waals surface area contributed by atoms with Crippen LogP contribution in [0, 0.1) is 11.3 Å². The molecular formula is C12H13N. The van der Waals surface area contributed by atoms with Gasteiger partial charge in [-0.2, -0.15) is 5.26 Å². The summed E-state index contributed by atoms with van der Waals surface area (Å²) in [4.78, 5) is 0. The van der Waals surface area contributed by atoms with Gasteiger partial charge in [0.2, 0.25) is 0 Å². The van der Waals surface area contributed by atoms with Gasteiger partial charge in [-0.15, -0.1) is 0 Å². The number of hydrogen-bond donors (Lipinski definition) is 0. The lowest BCUT2D eigenvalue weighted by Gasteiger charge is -1.98. The van der Waals surface area contributed by atoms with Gasteiger partial charge in [0.15, 0.2) is 0 Å². The number of benzene rings is 1. The van der Waals surface area contributed by atoms with Crippen LogP contribution in [0.2, 0.25) is 0 Å². The summed E-state index contributed by atoms with van der Waals surface area (Å²) >= 11 is 0. The molecule has 1 rings (SSSR count). The molecule has 0 aliphatic heterocycles. The van der Waals surface area contributed by atoms with Gasteiger partial charge in [0.1, 0.15) is 0 Å². The molecule has 0 heterocycles. The highest BCUT2D eigenvalue weighted by Gasteiger charge is 1.96. The van der Waals surface area contributed by atoms with E-state index in [1.807, 2.05) is 43.3 Å². The number of nitrogens with zero attached hydrogens (tertiary/aromatic N) is 1. The highest BCUT2D eigenvalue weighted by atomic mass is 14.2. The van der Waals surface area contributed by atoms with Crippen molar-refractivity contribution in [3.8, 4) is 6.07 Å². The maximum atomic E-state index is 8.80. The van der Waals surface area contributed by atoms with Crippen LogP contribution in [0.4, 0.5) is 0 Å². The van der Waals surface area contributed by atoms with Gasteiger partial charge < -0.3 is 0 Å². The highest BCUT2D eigenvalue weighted by Crippen LogP contribution is 2.07. The summed E-state index contributed by atoms with van der Waals surface area (Å²) in [5.41, 5.74) is 2.05. The molecule has 0 aliphatic carbocycles. The van der Waals surface area contributed by atoms with Crippen molar-refractivity contribution in [2.24, 2.45) is 0 Å². The van der Waals surface area contributed by atoms with E-state index in [9.17, 15) is 0 Å². The molecule has 1 heteroatoms. The monoisotopic (exact) mass is 171 g/mol. The summed E-state index contributed by atoms with van der Waals surface area (Å²) in [6.07, 6.45) is 3.66. The van der Waals surface area contributed by atoms with E-state index in [1.165, 1.54) is 5.56 Å². The van der Waals surface area contributed by atoms with Gasteiger partial charge in [0, 0.05) is 12.0 Å². The molecule has 1 aromatic carbocycles. The summed E-state index contributed by atoms with van der Waals surface area (Å²) in [7, 11) is 0. The Morgan fingerprint density at radius 3 is 2.62 bits per heavy atom. The molecule has 0 unspecified atom stereocenters. The first-order valence-electron chi connectivity index (χ1n) is 4.50. The van der Waals surface area contributed by atoms with Crippen LogP contribution in [-0.4, -0.2) is 0 Å². The molecule has 0 amide bonds. The minimum atomic E-state index is 0.755. The summed E-state index contributed by atoms with van der Waals surface area (Å²) in [6, 6.07) is 12.3. The van der Waals surface area contributed by atoms with Gasteiger partial charge in [0.05, 0.1) is 6.07 Å². The Morgan fingerprint density at radius 1 is 1.38 bits per heavy atom. The van der Waals surface area contributed by atoms with E-state index in [2.05, 4.69) is 6.07 Å². The van der Waals surface area contributed by atoms with Crippen LogP contribution in [0.3, 0.4) is 0 Å². The van der Waals surface area contributed by atoms with Gasteiger partial charge in [0.25, 0.3) is 0 Å². The number of rotatable bonds is 3. The molecule has 0 aliphatic rings. The predicted octanol–water partition coefficient (Wildman–Crippen LogP) is 3.09. The predicted molar refractivity (Wildman–Crippen MR) is 54.1 cm³/mol. The van der Waals surface area contributed by atoms with Gasteiger partial charge in [-0.1, -0.05) is 43.3 Å². The molecule has 0 atom stereocenters. The van der Waals surface area contributed by atoms with Crippen molar-refractivity contribution in [3.63, 3.8) is 0 Å². The third-order valence-electron chi connectivity index (χ3n) is 1.83. The van der Waals surface area contributed by atoms with E-state index in [0.29, 0.717) is 0 Å². The molecule has 1 aromatic rings. The molecule has 0 bridgehead atoms. The van der Waals surface area contributed by atoms with Crippen LogP contribution in [-0.2, 0) is 6.42 Å². The van der Waals surface area contributed by atoms with Crippen molar-refractivity contribution < 1.29 is 0 Å². The van der Waals surface area contributed by atoms with E-state index in [-0.39, 0.29) is 0 Å². The maximum Gasteiger partial charge on any atom is 0.0947 e. The zero-order valence-corrected chi connectivity index (χ0v) is 7.83. The smallest absolute Gasteiger partial charge is 0.0947 e. The fraction of sp³-hybridized carbons (Fsp3) is 0.250. The first-order valence-corrected chi connectivity index (χ1v) is 4.50. The van der Waals surface area contributed by atoms with Gasteiger partial charge >= 0.3 is 0 Å². The third-order valence-corrected chi connectivity index (χ3v) is 1.83. The molecule has 0 saturated carbocycles. The molecule has 66 valence electrons. The quantitative estimate of drug-likeness (QED) is 0.641. The Morgan fingerprint density at radius 2 is 2.08 bits per heavy atom. The first kappa shape index (κ1) is 9.54. The maximum absolute atomic E-state index is 8.80. The van der Waals surface area contributed by atoms with Crippen LogP contribution in [0.15, 0.2) is 42.0 Å². The lowest BCUT2D eigenvalue weighted by atomic mass is 10.1. The fourth-order valence-corrected chi connectivity index (χ4v) is 1.22. The lowest BCUT2D eigenvalue weighted by molar-refractivity contribution is 1.13. The molecule has 0 radical (unpaired) electrons. The summed E-state index contributed by atoms with van der Waals surface area (Å²) in [5, 5.41) is 8.80. The molecule has 0 saturated heterocycles. The minimum Gasteiger partial charge on any atom is -0.193 e. The zero-order chi connectivity index (χ0) is 9.52. The molecule has 1 nitrogen and oxygen atoms in total. The topological polar surface area (TPSA) is 23.8 Å². The van der Waals surface area contributed by atoms with E-state index in [0.717, 1.165) is 18.4 Å². The van der Waals surface area contributed by atoms with Crippen molar-refractivity contribution in [2.45, 2.75) is 19.8 Å². The molecule has 0 spiro atoms. The van der Waals surface area contributed by atoms with Crippen molar-refractivity contribution in [1.29, 1.82) is 5.26 Å². The second-order valence-corrected chi connectivity index (χ2v) is 2.91.